The van der Waals surface area contributed by atoms with E-state index in [0.717, 1.165) is 66.1 Å². The molecule has 7 aliphatic rings. The highest BCUT2D eigenvalue weighted by Gasteiger charge is 2.78. The predicted molar refractivity (Wildman–Crippen MR) is 111 cm³/mol. The maximum Gasteiger partial charge on any atom is 0.0957 e. The second kappa shape index (κ2) is 5.42. The lowest BCUT2D eigenvalue weighted by molar-refractivity contribution is -0.153. The van der Waals surface area contributed by atoms with Gasteiger partial charge in [-0.05, 0) is 111 Å². The van der Waals surface area contributed by atoms with Gasteiger partial charge in [0, 0.05) is 11.1 Å². The Morgan fingerprint density at radius 2 is 2.04 bits per heavy atom. The quantitative estimate of drug-likeness (QED) is 0.607. The van der Waals surface area contributed by atoms with Crippen molar-refractivity contribution in [2.45, 2.75) is 70.3 Å². The molecule has 6 unspecified atom stereocenters. The Kier molecular flexibility index (Phi) is 3.26. The van der Waals surface area contributed by atoms with E-state index in [2.05, 4.69) is 25.2 Å². The fourth-order valence-electron chi connectivity index (χ4n) is 9.79. The molecule has 0 amide bonds. The summed E-state index contributed by atoms with van der Waals surface area (Å²) in [6.45, 7) is 3.34. The van der Waals surface area contributed by atoms with Crippen LogP contribution < -0.4 is 0 Å². The van der Waals surface area contributed by atoms with E-state index in [1.165, 1.54) is 51.4 Å². The van der Waals surface area contributed by atoms with Gasteiger partial charge in [0.15, 0.2) is 0 Å². The monoisotopic (exact) mass is 377 g/mol. The first-order chi connectivity index (χ1) is 13.7. The minimum absolute atomic E-state index is 0.0982. The van der Waals surface area contributed by atoms with Crippen molar-refractivity contribution in [3.05, 3.63) is 23.8 Å². The smallest absolute Gasteiger partial charge is 0.0957 e. The maximum absolute atomic E-state index is 8.26. The molecule has 9 atom stereocenters. The molecule has 0 saturated heterocycles. The molecular weight excluding hydrogens is 342 g/mol. The summed E-state index contributed by atoms with van der Waals surface area (Å²) in [6.07, 6.45) is 19.4. The Hall–Kier alpha value is -0.890. The van der Waals surface area contributed by atoms with Crippen molar-refractivity contribution in [3.8, 4) is 0 Å². The Morgan fingerprint density at radius 3 is 2.79 bits per heavy atom. The fraction of sp³-hybridized carbons (Fsp3) is 0.808. The highest BCUT2D eigenvalue weighted by molar-refractivity contribution is 5.93. The zero-order chi connectivity index (χ0) is 18.7. The molecule has 0 radical (unpaired) electrons. The summed E-state index contributed by atoms with van der Waals surface area (Å²) < 4.78 is 6.68. The molecule has 28 heavy (non-hydrogen) atoms. The second-order valence-electron chi connectivity index (χ2n) is 11.4. The molecule has 0 aromatic carbocycles. The van der Waals surface area contributed by atoms with Crippen molar-refractivity contribution in [1.82, 2.24) is 0 Å². The molecular formula is C26H35NO. The van der Waals surface area contributed by atoms with Gasteiger partial charge in [-0.2, -0.15) is 0 Å². The van der Waals surface area contributed by atoms with Gasteiger partial charge in [0.25, 0.3) is 0 Å². The Labute approximate surface area is 169 Å². The van der Waals surface area contributed by atoms with Crippen molar-refractivity contribution in [2.24, 2.45) is 52.8 Å². The van der Waals surface area contributed by atoms with Crippen LogP contribution in [0.15, 0.2) is 23.8 Å². The number of rotatable bonds is 2. The van der Waals surface area contributed by atoms with Crippen molar-refractivity contribution in [3.63, 3.8) is 0 Å². The van der Waals surface area contributed by atoms with Crippen LogP contribution >= 0.6 is 0 Å². The number of ether oxygens (including phenoxy) is 1. The van der Waals surface area contributed by atoms with E-state index in [1.807, 2.05) is 0 Å². The molecule has 2 nitrogen and oxygen atoms in total. The summed E-state index contributed by atoms with van der Waals surface area (Å²) >= 11 is 0. The van der Waals surface area contributed by atoms with Gasteiger partial charge in [-0.3, -0.25) is 0 Å². The summed E-state index contributed by atoms with van der Waals surface area (Å²) in [5.74, 6) is 7.25. The van der Waals surface area contributed by atoms with E-state index < -0.39 is 0 Å². The van der Waals surface area contributed by atoms with Crippen molar-refractivity contribution < 1.29 is 4.74 Å². The molecule has 5 fully saturated rings. The molecule has 1 aliphatic heterocycles. The Bertz CT molecular complexity index is 792. The molecule has 1 N–H and O–H groups in total. The summed E-state index contributed by atoms with van der Waals surface area (Å²) in [5.41, 5.74) is 3.12. The molecule has 5 saturated carbocycles. The van der Waals surface area contributed by atoms with Gasteiger partial charge >= 0.3 is 0 Å². The van der Waals surface area contributed by atoms with Crippen molar-refractivity contribution in [1.29, 1.82) is 5.41 Å². The molecule has 0 aromatic rings. The van der Waals surface area contributed by atoms with Crippen LogP contribution in [0.2, 0.25) is 0 Å². The highest BCUT2D eigenvalue weighted by Crippen LogP contribution is 2.79. The van der Waals surface area contributed by atoms with Gasteiger partial charge in [-0.15, -0.1) is 0 Å². The third-order valence-corrected chi connectivity index (χ3v) is 10.8. The summed E-state index contributed by atoms with van der Waals surface area (Å²) in [7, 11) is 0. The lowest BCUT2D eigenvalue weighted by atomic mass is 9.45. The van der Waals surface area contributed by atoms with E-state index in [0.29, 0.717) is 5.41 Å². The van der Waals surface area contributed by atoms with Crippen molar-refractivity contribution >= 4 is 5.71 Å². The first kappa shape index (κ1) is 16.9. The standard InChI is InChI=1S/C26H35NO/c1-2-25-10-8-19-18-7-6-17(27)12-16(18)13-20(15-4-5-15)23(19)24(25)21-14-22(21)26(25)9-3-11-28-26/h3,9,12,15,18-24,27H,2,4-8,10-11,13-14H2,1H3/t18-,19?,20?,21?,22?,23?,24?,25-,26-/m0/s1. The Morgan fingerprint density at radius 1 is 1.14 bits per heavy atom. The van der Waals surface area contributed by atoms with Crippen LogP contribution in [0.3, 0.4) is 0 Å². The van der Waals surface area contributed by atoms with Gasteiger partial charge in [0.05, 0.1) is 12.2 Å². The van der Waals surface area contributed by atoms with Gasteiger partial charge in [0.2, 0.25) is 0 Å². The highest BCUT2D eigenvalue weighted by atomic mass is 16.5. The van der Waals surface area contributed by atoms with Gasteiger partial charge in [-0.1, -0.05) is 24.6 Å². The molecule has 6 aliphatic carbocycles. The average Bonchev–Trinajstić information content (AvgIpc) is 3.64. The normalized spacial score (nSPS) is 56.1. The lowest BCUT2D eigenvalue weighted by Crippen LogP contribution is -2.57. The summed E-state index contributed by atoms with van der Waals surface area (Å²) in [4.78, 5) is 0. The maximum atomic E-state index is 8.26. The molecule has 7 rings (SSSR count). The second-order valence-corrected chi connectivity index (χ2v) is 11.4. The lowest BCUT2D eigenvalue weighted by Gasteiger charge is -2.60. The largest absolute Gasteiger partial charge is 0.366 e. The first-order valence-electron chi connectivity index (χ1n) is 12.3. The Balaban J connectivity index is 1.34. The van der Waals surface area contributed by atoms with Crippen LogP contribution in [0.5, 0.6) is 0 Å². The number of allylic oxidation sites excluding steroid dienone is 2. The molecule has 1 heterocycles. The number of fused-ring (bicyclic) bond motifs is 9. The van der Waals surface area contributed by atoms with Crippen LogP contribution in [0, 0.1) is 58.2 Å². The minimum atomic E-state index is 0.0982. The van der Waals surface area contributed by atoms with Crippen LogP contribution in [-0.4, -0.2) is 17.9 Å². The summed E-state index contributed by atoms with van der Waals surface area (Å²) in [6, 6.07) is 0. The van der Waals surface area contributed by atoms with Gasteiger partial charge < -0.3 is 10.1 Å². The number of hydrogen-bond donors (Lipinski definition) is 1. The zero-order valence-electron chi connectivity index (χ0n) is 17.3. The van der Waals surface area contributed by atoms with Crippen LogP contribution in [0.1, 0.15) is 64.7 Å². The SMILES string of the molecule is CC[C@]12CCC3C(C(C4CC4)CC4=CC(=N)CC[C@@H]43)C1C1CC1[C@@]21C=CCO1. The third kappa shape index (κ3) is 1.88. The zero-order valence-corrected chi connectivity index (χ0v) is 17.3. The van der Waals surface area contributed by atoms with Crippen LogP contribution in [0.25, 0.3) is 0 Å². The van der Waals surface area contributed by atoms with E-state index in [9.17, 15) is 0 Å². The number of hydrogen-bond acceptors (Lipinski definition) is 2. The van der Waals surface area contributed by atoms with Crippen LogP contribution in [-0.2, 0) is 4.74 Å². The predicted octanol–water partition coefficient (Wildman–Crippen LogP) is 5.79. The fourth-order valence-corrected chi connectivity index (χ4v) is 9.79. The van der Waals surface area contributed by atoms with E-state index in [-0.39, 0.29) is 5.60 Å². The summed E-state index contributed by atoms with van der Waals surface area (Å²) in [5, 5.41) is 8.26. The minimum Gasteiger partial charge on any atom is -0.366 e. The molecule has 2 heteroatoms. The molecule has 1 spiro atoms. The van der Waals surface area contributed by atoms with Gasteiger partial charge in [-0.25, -0.2) is 0 Å². The number of nitrogens with one attached hydrogen (secondary N) is 1. The molecule has 0 aromatic heterocycles. The topological polar surface area (TPSA) is 33.1 Å². The van der Waals surface area contributed by atoms with E-state index in [1.54, 1.807) is 5.57 Å². The van der Waals surface area contributed by atoms with Gasteiger partial charge in [0.1, 0.15) is 0 Å². The molecule has 150 valence electrons. The third-order valence-electron chi connectivity index (χ3n) is 10.8. The van der Waals surface area contributed by atoms with E-state index >= 15 is 0 Å². The van der Waals surface area contributed by atoms with Crippen LogP contribution in [0.4, 0.5) is 0 Å². The van der Waals surface area contributed by atoms with E-state index in [4.69, 9.17) is 10.1 Å². The van der Waals surface area contributed by atoms with Crippen molar-refractivity contribution in [2.75, 3.05) is 6.61 Å². The average molecular weight is 378 g/mol. The first-order valence-corrected chi connectivity index (χ1v) is 12.3. The molecule has 0 bridgehead atoms.